The average Bonchev–Trinajstić information content (AvgIpc) is 3.23. The minimum absolute atomic E-state index is 0.185. The van der Waals surface area contributed by atoms with Crippen molar-refractivity contribution in [2.45, 2.75) is 275 Å². The lowest BCUT2D eigenvalue weighted by Crippen LogP contribution is -2.60. The van der Waals surface area contributed by atoms with Crippen molar-refractivity contribution in [2.75, 3.05) is 13.2 Å². The maximum atomic E-state index is 12.9. The number of nitrogens with one attached hydrogen (secondary N) is 1. The molecule has 1 heterocycles. The Labute approximate surface area is 362 Å². The van der Waals surface area contributed by atoms with E-state index >= 15 is 0 Å². The molecule has 6 N–H and O–H groups in total. The Morgan fingerprint density at radius 3 is 1.42 bits per heavy atom. The third-order valence-corrected chi connectivity index (χ3v) is 12.0. The van der Waals surface area contributed by atoms with Gasteiger partial charge in [0.05, 0.1) is 25.4 Å². The molecule has 7 atom stereocenters. The molecule has 348 valence electrons. The molecule has 1 amide bonds. The largest absolute Gasteiger partial charge is 0.394 e. The smallest absolute Gasteiger partial charge is 0.220 e. The number of hydrogen-bond acceptors (Lipinski definition) is 8. The molecule has 59 heavy (non-hydrogen) atoms. The van der Waals surface area contributed by atoms with Crippen LogP contribution in [-0.4, -0.2) is 87.5 Å². The van der Waals surface area contributed by atoms with Gasteiger partial charge in [-0.05, 0) is 32.1 Å². The summed E-state index contributed by atoms with van der Waals surface area (Å²) in [6.45, 7) is 3.73. The summed E-state index contributed by atoms with van der Waals surface area (Å²) in [5.74, 6) is -0.185. The minimum Gasteiger partial charge on any atom is -0.394 e. The van der Waals surface area contributed by atoms with Crippen LogP contribution < -0.4 is 5.32 Å². The van der Waals surface area contributed by atoms with Gasteiger partial charge in [0.1, 0.15) is 24.4 Å². The van der Waals surface area contributed by atoms with E-state index in [1.165, 1.54) is 173 Å². The van der Waals surface area contributed by atoms with Crippen LogP contribution in [0.4, 0.5) is 0 Å². The van der Waals surface area contributed by atoms with E-state index in [1.807, 2.05) is 6.08 Å². The number of aliphatic hydroxyl groups excluding tert-OH is 5. The zero-order valence-corrected chi connectivity index (χ0v) is 38.3. The van der Waals surface area contributed by atoms with Crippen molar-refractivity contribution in [1.29, 1.82) is 0 Å². The second kappa shape index (κ2) is 40.7. The number of ether oxygens (including phenoxy) is 2. The van der Waals surface area contributed by atoms with Crippen molar-refractivity contribution in [1.82, 2.24) is 5.32 Å². The second-order valence-electron chi connectivity index (χ2n) is 17.6. The third-order valence-electron chi connectivity index (χ3n) is 12.0. The summed E-state index contributed by atoms with van der Waals surface area (Å²) in [6, 6.07) is -0.815. The lowest BCUT2D eigenvalue weighted by atomic mass is 9.99. The van der Waals surface area contributed by atoms with Gasteiger partial charge in [0.15, 0.2) is 6.29 Å². The third kappa shape index (κ3) is 31.2. The molecule has 1 aliphatic rings. The predicted octanol–water partition coefficient (Wildman–Crippen LogP) is 11.1. The number of allylic oxidation sites excluding steroid dienone is 3. The summed E-state index contributed by atoms with van der Waals surface area (Å²) in [5.41, 5.74) is 0. The number of carbonyl (C=O) groups is 1. The van der Waals surface area contributed by atoms with Gasteiger partial charge in [0, 0.05) is 6.42 Å². The van der Waals surface area contributed by atoms with Gasteiger partial charge in [-0.15, -0.1) is 0 Å². The van der Waals surface area contributed by atoms with Crippen LogP contribution in [0, 0.1) is 0 Å². The molecule has 7 unspecified atom stereocenters. The van der Waals surface area contributed by atoms with E-state index in [-0.39, 0.29) is 12.5 Å². The van der Waals surface area contributed by atoms with Gasteiger partial charge in [0.25, 0.3) is 0 Å². The van der Waals surface area contributed by atoms with Crippen LogP contribution in [0.2, 0.25) is 0 Å². The molecule has 0 aromatic heterocycles. The van der Waals surface area contributed by atoms with Gasteiger partial charge in [-0.1, -0.05) is 218 Å². The first-order valence-electron chi connectivity index (χ1n) is 25.1. The maximum Gasteiger partial charge on any atom is 0.220 e. The van der Waals surface area contributed by atoms with Gasteiger partial charge in [-0.3, -0.25) is 4.79 Å². The molecule has 0 spiro atoms. The first-order valence-corrected chi connectivity index (χ1v) is 25.1. The van der Waals surface area contributed by atoms with Crippen LogP contribution in [-0.2, 0) is 14.3 Å². The Hall–Kier alpha value is -1.33. The van der Waals surface area contributed by atoms with Crippen molar-refractivity contribution >= 4 is 5.91 Å². The predicted molar refractivity (Wildman–Crippen MR) is 244 cm³/mol. The lowest BCUT2D eigenvalue weighted by Gasteiger charge is -2.40. The summed E-state index contributed by atoms with van der Waals surface area (Å²) in [4.78, 5) is 12.9. The van der Waals surface area contributed by atoms with E-state index in [0.717, 1.165) is 38.5 Å². The zero-order chi connectivity index (χ0) is 43.0. The first kappa shape index (κ1) is 55.7. The Balaban J connectivity index is 2.18. The van der Waals surface area contributed by atoms with E-state index in [4.69, 9.17) is 9.47 Å². The van der Waals surface area contributed by atoms with Crippen LogP contribution >= 0.6 is 0 Å². The minimum atomic E-state index is -1.57. The molecule has 0 aliphatic carbocycles. The van der Waals surface area contributed by atoms with E-state index < -0.39 is 49.5 Å². The number of aliphatic hydroxyl groups is 5. The Kier molecular flexibility index (Phi) is 38.4. The molecule has 9 nitrogen and oxygen atoms in total. The van der Waals surface area contributed by atoms with Crippen molar-refractivity contribution in [3.63, 3.8) is 0 Å². The molecule has 1 aliphatic heterocycles. The number of hydrogen-bond donors (Lipinski definition) is 6. The highest BCUT2D eigenvalue weighted by molar-refractivity contribution is 5.76. The fourth-order valence-corrected chi connectivity index (χ4v) is 8.00. The number of carbonyl (C=O) groups excluding carboxylic acids is 1. The molecule has 0 bridgehead atoms. The molecule has 0 saturated carbocycles. The first-order chi connectivity index (χ1) is 28.8. The summed E-state index contributed by atoms with van der Waals surface area (Å²) >= 11 is 0. The zero-order valence-electron chi connectivity index (χ0n) is 38.3. The van der Waals surface area contributed by atoms with Crippen molar-refractivity contribution in [3.8, 4) is 0 Å². The Morgan fingerprint density at radius 2 is 0.966 bits per heavy atom. The van der Waals surface area contributed by atoms with Crippen LogP contribution in [0.1, 0.15) is 232 Å². The summed E-state index contributed by atoms with van der Waals surface area (Å²) < 4.78 is 11.2. The van der Waals surface area contributed by atoms with Crippen LogP contribution in [0.3, 0.4) is 0 Å². The van der Waals surface area contributed by atoms with Crippen LogP contribution in [0.15, 0.2) is 24.3 Å². The van der Waals surface area contributed by atoms with Gasteiger partial charge >= 0.3 is 0 Å². The second-order valence-corrected chi connectivity index (χ2v) is 17.6. The topological polar surface area (TPSA) is 149 Å². The maximum absolute atomic E-state index is 12.9. The van der Waals surface area contributed by atoms with E-state index in [1.54, 1.807) is 6.08 Å². The molecule has 0 radical (unpaired) electrons. The highest BCUT2D eigenvalue weighted by atomic mass is 16.7. The molecule has 1 saturated heterocycles. The van der Waals surface area contributed by atoms with Crippen molar-refractivity contribution in [3.05, 3.63) is 24.3 Å². The molecule has 9 heteroatoms. The summed E-state index contributed by atoms with van der Waals surface area (Å²) in [5, 5.41) is 54.1. The molecule has 0 aromatic rings. The summed E-state index contributed by atoms with van der Waals surface area (Å²) in [7, 11) is 0. The number of unbranched alkanes of at least 4 members (excludes halogenated alkanes) is 30. The van der Waals surface area contributed by atoms with Gasteiger partial charge in [0.2, 0.25) is 5.91 Å². The fraction of sp³-hybridized carbons (Fsp3) is 0.900. The molecular weight excluding hydrogens is 743 g/mol. The van der Waals surface area contributed by atoms with Crippen molar-refractivity contribution < 1.29 is 39.8 Å². The SMILES string of the molecule is CCCCCC/C=C/CC/C=C/C(O)C(COC1OC(CO)C(O)C(O)C1O)NC(=O)CCCCCCCCCCCCCCCCCCCCCCCCCCCC. The average molecular weight is 838 g/mol. The molecular formula is C50H95NO8. The van der Waals surface area contributed by atoms with Gasteiger partial charge in [-0.25, -0.2) is 0 Å². The van der Waals surface area contributed by atoms with E-state index in [9.17, 15) is 30.3 Å². The fourth-order valence-electron chi connectivity index (χ4n) is 8.00. The summed E-state index contributed by atoms with van der Waals surface area (Å²) in [6.07, 6.45) is 42.6. The van der Waals surface area contributed by atoms with Crippen molar-refractivity contribution in [2.24, 2.45) is 0 Å². The quantitative estimate of drug-likeness (QED) is 0.0263. The molecule has 1 rings (SSSR count). The Bertz CT molecular complexity index is 977. The van der Waals surface area contributed by atoms with E-state index in [2.05, 4.69) is 31.3 Å². The van der Waals surface area contributed by atoms with Crippen LogP contribution in [0.25, 0.3) is 0 Å². The highest BCUT2D eigenvalue weighted by Gasteiger charge is 2.44. The molecule has 0 aromatic carbocycles. The van der Waals surface area contributed by atoms with Gasteiger partial charge in [-0.2, -0.15) is 0 Å². The normalized spacial score (nSPS) is 20.8. The molecule has 1 fully saturated rings. The monoisotopic (exact) mass is 838 g/mol. The lowest BCUT2D eigenvalue weighted by molar-refractivity contribution is -0.302. The number of rotatable bonds is 42. The van der Waals surface area contributed by atoms with Crippen LogP contribution in [0.5, 0.6) is 0 Å². The van der Waals surface area contributed by atoms with E-state index in [0.29, 0.717) is 6.42 Å². The standard InChI is InChI=1S/C50H95NO8/c1-3-5-7-9-11-13-15-16-17-18-19-20-21-22-23-24-25-26-27-28-29-30-32-34-36-38-40-46(54)51-43(42-58-50-49(57)48(56)47(55)45(41-52)59-50)44(53)39-37-35-33-31-14-12-10-8-6-4-2/h14,31,37,39,43-45,47-50,52-53,55-57H,3-13,15-30,32-36,38,40-42H2,1-2H3,(H,51,54)/b31-14+,39-37+. The highest BCUT2D eigenvalue weighted by Crippen LogP contribution is 2.23. The number of amides is 1. The Morgan fingerprint density at radius 1 is 0.559 bits per heavy atom. The van der Waals surface area contributed by atoms with Gasteiger partial charge < -0.3 is 40.3 Å².